The quantitative estimate of drug-likeness (QED) is 0.411. The van der Waals surface area contributed by atoms with E-state index in [2.05, 4.69) is 4.85 Å². The zero-order valence-electron chi connectivity index (χ0n) is 15.3. The molecule has 0 radical (unpaired) electrons. The highest BCUT2D eigenvalue weighted by molar-refractivity contribution is 7.98. The average Bonchev–Trinajstić information content (AvgIpc) is 3.02. The molecule has 0 atom stereocenters. The minimum Gasteiger partial charge on any atom is -0.477 e. The monoisotopic (exact) mass is 376 g/mol. The molecule has 1 aromatic heterocycles. The van der Waals surface area contributed by atoms with Gasteiger partial charge in [-0.3, -0.25) is 0 Å². The van der Waals surface area contributed by atoms with Gasteiger partial charge in [0.25, 0.3) is 0 Å². The summed E-state index contributed by atoms with van der Waals surface area (Å²) >= 11 is 1.42. The first-order valence-electron chi connectivity index (χ1n) is 8.69. The van der Waals surface area contributed by atoms with Crippen LogP contribution in [0.1, 0.15) is 23.8 Å². The van der Waals surface area contributed by atoms with Crippen molar-refractivity contribution in [2.24, 2.45) is 0 Å². The second-order valence-electron chi connectivity index (χ2n) is 6.09. The van der Waals surface area contributed by atoms with Crippen LogP contribution in [0.15, 0.2) is 59.6 Å². The molecule has 2 aromatic carbocycles. The van der Waals surface area contributed by atoms with Crippen molar-refractivity contribution in [3.05, 3.63) is 71.7 Å². The molecule has 3 rings (SSSR count). The van der Waals surface area contributed by atoms with Crippen LogP contribution in [-0.4, -0.2) is 21.9 Å². The van der Waals surface area contributed by atoms with E-state index in [4.69, 9.17) is 6.57 Å². The van der Waals surface area contributed by atoms with Crippen molar-refractivity contribution >= 4 is 23.4 Å². The number of thioether (sulfide) groups is 1. The third kappa shape index (κ3) is 3.49. The summed E-state index contributed by atoms with van der Waals surface area (Å²) in [5.74, 6) is -1.00. The zero-order valence-corrected chi connectivity index (χ0v) is 16.1. The number of aromatic nitrogens is 1. The second kappa shape index (κ2) is 8.15. The normalized spacial score (nSPS) is 10.6. The molecule has 27 heavy (non-hydrogen) atoms. The Bertz CT molecular complexity index is 1000. The van der Waals surface area contributed by atoms with Crippen LogP contribution < -0.4 is 0 Å². The van der Waals surface area contributed by atoms with Gasteiger partial charge in [-0.2, -0.15) is 0 Å². The molecular weight excluding hydrogens is 356 g/mol. The molecule has 0 spiro atoms. The van der Waals surface area contributed by atoms with Crippen molar-refractivity contribution in [1.29, 1.82) is 0 Å². The number of aromatic carboxylic acids is 1. The van der Waals surface area contributed by atoms with Crippen molar-refractivity contribution in [3.8, 4) is 22.3 Å². The highest BCUT2D eigenvalue weighted by Gasteiger charge is 2.27. The largest absolute Gasteiger partial charge is 0.477 e. The fraction of sp³-hybridized carbons (Fsp3) is 0.182. The second-order valence-corrected chi connectivity index (χ2v) is 6.89. The van der Waals surface area contributed by atoms with E-state index in [-0.39, 0.29) is 5.69 Å². The molecule has 0 unspecified atom stereocenters. The number of rotatable bonds is 6. The maximum absolute atomic E-state index is 12.0. The lowest BCUT2D eigenvalue weighted by atomic mass is 9.99. The third-order valence-electron chi connectivity index (χ3n) is 4.43. The van der Waals surface area contributed by atoms with Crippen LogP contribution in [0.25, 0.3) is 27.1 Å². The summed E-state index contributed by atoms with van der Waals surface area (Å²) < 4.78 is 1.76. The van der Waals surface area contributed by atoms with Crippen LogP contribution in [-0.2, 0) is 6.54 Å². The summed E-state index contributed by atoms with van der Waals surface area (Å²) in [7, 11) is 0. The summed E-state index contributed by atoms with van der Waals surface area (Å²) in [6.07, 6.45) is 2.68. The first-order valence-corrected chi connectivity index (χ1v) is 9.91. The van der Waals surface area contributed by atoms with Crippen LogP contribution in [0.4, 0.5) is 5.69 Å². The van der Waals surface area contributed by atoms with E-state index >= 15 is 0 Å². The zero-order chi connectivity index (χ0) is 19.4. The summed E-state index contributed by atoms with van der Waals surface area (Å²) in [5.41, 5.74) is 4.03. The van der Waals surface area contributed by atoms with Gasteiger partial charge in [0.05, 0.1) is 11.6 Å². The molecule has 0 aliphatic heterocycles. The number of benzene rings is 2. The number of nitrogens with zero attached hydrogens (tertiary/aromatic N) is 2. The number of hydrogen-bond acceptors (Lipinski definition) is 2. The van der Waals surface area contributed by atoms with Gasteiger partial charge < -0.3 is 9.67 Å². The fourth-order valence-electron chi connectivity index (χ4n) is 3.29. The third-order valence-corrected chi connectivity index (χ3v) is 5.23. The fourth-order valence-corrected chi connectivity index (χ4v) is 4.03. The smallest absolute Gasteiger partial charge is 0.351 e. The Balaban J connectivity index is 2.19. The lowest BCUT2D eigenvalue weighted by Crippen LogP contribution is -2.10. The van der Waals surface area contributed by atoms with E-state index in [1.54, 1.807) is 4.57 Å². The van der Waals surface area contributed by atoms with Gasteiger partial charge in [-0.25, -0.2) is 9.64 Å². The van der Waals surface area contributed by atoms with Gasteiger partial charge in [0.2, 0.25) is 5.69 Å². The lowest BCUT2D eigenvalue weighted by molar-refractivity contribution is 0.0685. The SMILES string of the molecule is [C-]#[N+]c1c(-c2ccc(-c3ccccc3)cc2)c(C(=O)O)n(CCC)c1SC. The Morgan fingerprint density at radius 2 is 1.67 bits per heavy atom. The lowest BCUT2D eigenvalue weighted by Gasteiger charge is -2.10. The summed E-state index contributed by atoms with van der Waals surface area (Å²) in [5, 5.41) is 10.6. The van der Waals surface area contributed by atoms with Gasteiger partial charge in [-0.1, -0.05) is 61.5 Å². The topological polar surface area (TPSA) is 46.6 Å². The van der Waals surface area contributed by atoms with Gasteiger partial charge >= 0.3 is 5.97 Å². The van der Waals surface area contributed by atoms with Crippen molar-refractivity contribution in [2.75, 3.05) is 6.26 Å². The van der Waals surface area contributed by atoms with E-state index < -0.39 is 5.97 Å². The maximum Gasteiger partial charge on any atom is 0.351 e. The molecule has 1 heterocycles. The molecule has 0 fully saturated rings. The van der Waals surface area contributed by atoms with Crippen LogP contribution in [0, 0.1) is 6.57 Å². The molecular formula is C22H20N2O2S. The molecule has 136 valence electrons. The number of carboxylic acids is 1. The molecule has 0 saturated carbocycles. The summed E-state index contributed by atoms with van der Waals surface area (Å²) in [6.45, 7) is 10.2. The van der Waals surface area contributed by atoms with Gasteiger partial charge in [0.15, 0.2) is 0 Å². The van der Waals surface area contributed by atoms with Gasteiger partial charge in [-0.05, 0) is 29.4 Å². The van der Waals surface area contributed by atoms with E-state index in [1.165, 1.54) is 11.8 Å². The molecule has 3 aromatic rings. The Morgan fingerprint density at radius 3 is 2.19 bits per heavy atom. The predicted molar refractivity (Wildman–Crippen MR) is 111 cm³/mol. The molecule has 0 aliphatic rings. The first-order chi connectivity index (χ1) is 13.1. The maximum atomic E-state index is 12.0. The molecule has 0 bridgehead atoms. The molecule has 1 N–H and O–H groups in total. The van der Waals surface area contributed by atoms with Gasteiger partial charge in [-0.15, -0.1) is 11.8 Å². The minimum absolute atomic E-state index is 0.194. The standard InChI is InChI=1S/C22H20N2O2S/c1-4-14-24-20(22(25)26)18(19(23-2)21(24)27-3)17-12-10-16(11-13-17)15-8-6-5-7-9-15/h5-13H,4,14H2,1,3H3,(H,25,26). The van der Waals surface area contributed by atoms with Crippen LogP contribution in [0.5, 0.6) is 0 Å². The molecule has 0 amide bonds. The molecule has 0 aliphatic carbocycles. The van der Waals surface area contributed by atoms with Gasteiger partial charge in [0.1, 0.15) is 5.69 Å². The number of carbonyl (C=O) groups is 1. The Morgan fingerprint density at radius 1 is 1.07 bits per heavy atom. The Labute approximate surface area is 163 Å². The van der Waals surface area contributed by atoms with Crippen molar-refractivity contribution < 1.29 is 9.90 Å². The van der Waals surface area contributed by atoms with Crippen LogP contribution in [0.2, 0.25) is 0 Å². The van der Waals surface area contributed by atoms with Gasteiger partial charge in [0, 0.05) is 12.1 Å². The highest BCUT2D eigenvalue weighted by Crippen LogP contribution is 2.44. The van der Waals surface area contributed by atoms with Crippen LogP contribution in [0.3, 0.4) is 0 Å². The minimum atomic E-state index is -1.00. The predicted octanol–water partition coefficient (Wildman–Crippen LogP) is 6.20. The van der Waals surface area contributed by atoms with E-state index in [1.807, 2.05) is 67.8 Å². The van der Waals surface area contributed by atoms with E-state index in [9.17, 15) is 9.90 Å². The summed E-state index contributed by atoms with van der Waals surface area (Å²) in [6, 6.07) is 17.8. The Kier molecular flexibility index (Phi) is 5.68. The highest BCUT2D eigenvalue weighted by atomic mass is 32.2. The van der Waals surface area contributed by atoms with E-state index in [0.29, 0.717) is 22.8 Å². The molecule has 4 nitrogen and oxygen atoms in total. The van der Waals surface area contributed by atoms with Crippen molar-refractivity contribution in [2.45, 2.75) is 24.9 Å². The Hall–Kier alpha value is -2.97. The molecule has 5 heteroatoms. The van der Waals surface area contributed by atoms with Crippen molar-refractivity contribution in [3.63, 3.8) is 0 Å². The van der Waals surface area contributed by atoms with E-state index in [0.717, 1.165) is 23.1 Å². The van der Waals surface area contributed by atoms with Crippen LogP contribution >= 0.6 is 11.8 Å². The average molecular weight is 376 g/mol. The summed E-state index contributed by atoms with van der Waals surface area (Å²) in [4.78, 5) is 15.7. The molecule has 0 saturated heterocycles. The number of hydrogen-bond donors (Lipinski definition) is 1. The first kappa shape index (κ1) is 18.8. The van der Waals surface area contributed by atoms with Crippen molar-refractivity contribution in [1.82, 2.24) is 4.57 Å². The number of carboxylic acid groups (broad SMARTS) is 1.